The summed E-state index contributed by atoms with van der Waals surface area (Å²) in [4.78, 5) is -0.975. The smallest absolute Gasteiger partial charge is 0.224 e. The summed E-state index contributed by atoms with van der Waals surface area (Å²) in [5.74, 6) is -1.10. The van der Waals surface area contributed by atoms with E-state index >= 15 is 0 Å². The Balaban J connectivity index is 3.31. The van der Waals surface area contributed by atoms with Crippen LogP contribution in [0.1, 0.15) is 13.8 Å². The van der Waals surface area contributed by atoms with Gasteiger partial charge in [0.25, 0.3) is 0 Å². The van der Waals surface area contributed by atoms with Gasteiger partial charge in [-0.15, -0.1) is 11.6 Å². The van der Waals surface area contributed by atoms with Gasteiger partial charge in [0.05, 0.1) is 4.90 Å². The average molecular weight is 358 g/mol. The number of alkyl halides is 1. The van der Waals surface area contributed by atoms with Crippen LogP contribution in [0.3, 0.4) is 0 Å². The van der Waals surface area contributed by atoms with E-state index in [4.69, 9.17) is 11.6 Å². The number of sulfonamides is 1. The molecule has 0 radical (unpaired) electrons. The zero-order chi connectivity index (χ0) is 16.4. The van der Waals surface area contributed by atoms with Gasteiger partial charge in [0, 0.05) is 18.2 Å². The molecular formula is C12H17ClFNO4S2. The van der Waals surface area contributed by atoms with E-state index in [9.17, 15) is 21.2 Å². The Labute approximate surface area is 129 Å². The summed E-state index contributed by atoms with van der Waals surface area (Å²) < 4.78 is 63.4. The number of hydrogen-bond donors (Lipinski definition) is 1. The Hall–Kier alpha value is -0.700. The number of nitrogens with one attached hydrogen (secondary N) is 1. The molecule has 9 heteroatoms. The molecule has 5 nitrogen and oxygen atoms in total. The molecular weight excluding hydrogens is 341 g/mol. The minimum absolute atomic E-state index is 0.0181. The highest BCUT2D eigenvalue weighted by Gasteiger charge is 2.26. The minimum atomic E-state index is -4.20. The molecule has 1 aromatic rings. The molecule has 0 aromatic heterocycles. The molecule has 0 saturated heterocycles. The molecule has 0 spiro atoms. The van der Waals surface area contributed by atoms with Gasteiger partial charge in [-0.3, -0.25) is 0 Å². The topological polar surface area (TPSA) is 80.3 Å². The molecule has 0 bridgehead atoms. The molecule has 1 N–H and O–H groups in total. The monoisotopic (exact) mass is 357 g/mol. The highest BCUT2D eigenvalue weighted by Crippen LogP contribution is 2.20. The van der Waals surface area contributed by atoms with E-state index in [0.29, 0.717) is 0 Å². The summed E-state index contributed by atoms with van der Waals surface area (Å²) in [6.45, 7) is 3.53. The van der Waals surface area contributed by atoms with Crippen LogP contribution in [0.15, 0.2) is 28.0 Å². The van der Waals surface area contributed by atoms with Gasteiger partial charge in [0.1, 0.15) is 10.7 Å². The second kappa shape index (κ2) is 6.60. The quantitative estimate of drug-likeness (QED) is 0.621. The van der Waals surface area contributed by atoms with Crippen molar-refractivity contribution in [2.24, 2.45) is 5.92 Å². The lowest BCUT2D eigenvalue weighted by atomic mass is 10.1. The third-order valence-corrected chi connectivity index (χ3v) is 5.85. The fourth-order valence-electron chi connectivity index (χ4n) is 1.53. The first-order chi connectivity index (χ1) is 9.49. The van der Waals surface area contributed by atoms with Gasteiger partial charge in [-0.1, -0.05) is 13.8 Å². The maximum absolute atomic E-state index is 13.8. The predicted octanol–water partition coefficient (Wildman–Crippen LogP) is 1.77. The standard InChI is InChI=1S/C12H17ClFNO4S2/c1-8(2)11(7-13)15-21(18,19)12-6-9(20(3,16)17)4-5-10(12)14/h4-6,8,11,15H,7H2,1-3H3. The van der Waals surface area contributed by atoms with Crippen molar-refractivity contribution in [1.29, 1.82) is 0 Å². The fourth-order valence-corrected chi connectivity index (χ4v) is 4.26. The zero-order valence-corrected chi connectivity index (χ0v) is 14.2. The Kier molecular flexibility index (Phi) is 5.76. The van der Waals surface area contributed by atoms with Gasteiger partial charge in [-0.25, -0.2) is 25.9 Å². The largest absolute Gasteiger partial charge is 0.243 e. The highest BCUT2D eigenvalue weighted by atomic mass is 35.5. The van der Waals surface area contributed by atoms with E-state index in [1.54, 1.807) is 13.8 Å². The molecule has 0 saturated carbocycles. The van der Waals surface area contributed by atoms with Crippen molar-refractivity contribution < 1.29 is 21.2 Å². The van der Waals surface area contributed by atoms with Crippen LogP contribution in [-0.2, 0) is 19.9 Å². The van der Waals surface area contributed by atoms with Gasteiger partial charge in [-0.2, -0.15) is 0 Å². The molecule has 1 unspecified atom stereocenters. The van der Waals surface area contributed by atoms with Crippen molar-refractivity contribution >= 4 is 31.5 Å². The van der Waals surface area contributed by atoms with Gasteiger partial charge in [-0.05, 0) is 24.1 Å². The molecule has 120 valence electrons. The minimum Gasteiger partial charge on any atom is -0.224 e. The van der Waals surface area contributed by atoms with Crippen LogP contribution < -0.4 is 4.72 Å². The zero-order valence-electron chi connectivity index (χ0n) is 11.8. The Morgan fingerprint density at radius 2 is 1.81 bits per heavy atom. The van der Waals surface area contributed by atoms with Crippen molar-refractivity contribution in [2.75, 3.05) is 12.1 Å². The first-order valence-electron chi connectivity index (χ1n) is 6.07. The summed E-state index contributed by atoms with van der Waals surface area (Å²) in [6.07, 6.45) is 0.916. The highest BCUT2D eigenvalue weighted by molar-refractivity contribution is 7.91. The molecule has 1 atom stereocenters. The first-order valence-corrected chi connectivity index (χ1v) is 9.98. The lowest BCUT2D eigenvalue weighted by molar-refractivity contribution is 0.476. The van der Waals surface area contributed by atoms with Gasteiger partial charge >= 0.3 is 0 Å². The van der Waals surface area contributed by atoms with Crippen molar-refractivity contribution in [1.82, 2.24) is 4.72 Å². The first kappa shape index (κ1) is 18.3. The summed E-state index contributed by atoms with van der Waals surface area (Å²) in [7, 11) is -7.84. The summed E-state index contributed by atoms with van der Waals surface area (Å²) in [5, 5.41) is 0. The molecule has 0 fully saturated rings. The average Bonchev–Trinajstić information content (AvgIpc) is 2.34. The lowest BCUT2D eigenvalue weighted by Gasteiger charge is -2.20. The Morgan fingerprint density at radius 1 is 1.24 bits per heavy atom. The molecule has 1 aromatic carbocycles. The number of sulfone groups is 1. The van der Waals surface area contributed by atoms with E-state index in [1.807, 2.05) is 0 Å². The molecule has 21 heavy (non-hydrogen) atoms. The van der Waals surface area contributed by atoms with Crippen LogP contribution >= 0.6 is 11.6 Å². The van der Waals surface area contributed by atoms with Gasteiger partial charge in [0.15, 0.2) is 9.84 Å². The fraction of sp³-hybridized carbons (Fsp3) is 0.500. The van der Waals surface area contributed by atoms with Gasteiger partial charge < -0.3 is 0 Å². The lowest BCUT2D eigenvalue weighted by Crippen LogP contribution is -2.40. The van der Waals surface area contributed by atoms with Crippen LogP contribution in [0.2, 0.25) is 0 Å². The van der Waals surface area contributed by atoms with Gasteiger partial charge in [0.2, 0.25) is 10.0 Å². The van der Waals surface area contributed by atoms with E-state index in [1.165, 1.54) is 0 Å². The maximum Gasteiger partial charge on any atom is 0.243 e. The van der Waals surface area contributed by atoms with Crippen LogP contribution in [0.5, 0.6) is 0 Å². The van der Waals surface area contributed by atoms with Crippen LogP contribution in [0, 0.1) is 11.7 Å². The van der Waals surface area contributed by atoms with E-state index < -0.39 is 36.6 Å². The van der Waals surface area contributed by atoms with Crippen LogP contribution in [-0.4, -0.2) is 35.0 Å². The molecule has 0 aliphatic carbocycles. The molecule has 0 heterocycles. The maximum atomic E-state index is 13.8. The van der Waals surface area contributed by atoms with Crippen molar-refractivity contribution in [2.45, 2.75) is 29.7 Å². The molecule has 1 rings (SSSR count). The Bertz CT molecular complexity index is 717. The van der Waals surface area contributed by atoms with E-state index in [0.717, 1.165) is 24.5 Å². The van der Waals surface area contributed by atoms with Crippen molar-refractivity contribution in [3.05, 3.63) is 24.0 Å². The van der Waals surface area contributed by atoms with Crippen molar-refractivity contribution in [3.63, 3.8) is 0 Å². The SMILES string of the molecule is CC(C)C(CCl)NS(=O)(=O)c1cc(S(C)(=O)=O)ccc1F. The number of hydrogen-bond acceptors (Lipinski definition) is 4. The van der Waals surface area contributed by atoms with E-state index in [-0.39, 0.29) is 16.7 Å². The second-order valence-corrected chi connectivity index (χ2v) is 9.00. The van der Waals surface area contributed by atoms with Crippen LogP contribution in [0.4, 0.5) is 4.39 Å². The molecule has 0 amide bonds. The predicted molar refractivity (Wildman–Crippen MR) is 79.2 cm³/mol. The number of rotatable bonds is 6. The number of benzene rings is 1. The van der Waals surface area contributed by atoms with E-state index in [2.05, 4.69) is 4.72 Å². The molecule has 0 aliphatic rings. The summed E-state index contributed by atoms with van der Waals surface area (Å²) in [5.41, 5.74) is 0. The second-order valence-electron chi connectivity index (χ2n) is 4.99. The third-order valence-electron chi connectivity index (χ3n) is 2.90. The number of halogens is 2. The summed E-state index contributed by atoms with van der Waals surface area (Å²) >= 11 is 5.68. The summed E-state index contributed by atoms with van der Waals surface area (Å²) in [6, 6.07) is 2.05. The third kappa shape index (κ3) is 4.64. The van der Waals surface area contributed by atoms with Crippen molar-refractivity contribution in [3.8, 4) is 0 Å². The Morgan fingerprint density at radius 3 is 2.24 bits per heavy atom. The van der Waals surface area contributed by atoms with Crippen LogP contribution in [0.25, 0.3) is 0 Å². The normalized spacial score (nSPS) is 14.4. The molecule has 0 aliphatic heterocycles.